The molecule has 0 unspecified atom stereocenters. The largest absolute Gasteiger partial charge is 0.484 e. The molecule has 0 saturated heterocycles. The number of nitro groups is 1. The zero-order chi connectivity index (χ0) is 17.1. The number of benzene rings is 2. The molecule has 0 spiro atoms. The molecule has 0 heterocycles. The van der Waals surface area contributed by atoms with E-state index in [-0.39, 0.29) is 18.2 Å². The molecule has 0 aliphatic heterocycles. The highest BCUT2D eigenvalue weighted by Gasteiger charge is 2.15. The topological polar surface area (TPSA) is 81.5 Å². The first-order chi connectivity index (χ1) is 11.5. The summed E-state index contributed by atoms with van der Waals surface area (Å²) in [6, 6.07) is 10.5. The first kappa shape index (κ1) is 16.0. The van der Waals surface area contributed by atoms with Gasteiger partial charge in [0.05, 0.1) is 16.2 Å². The quantitative estimate of drug-likeness (QED) is 0.674. The summed E-state index contributed by atoms with van der Waals surface area (Å²) in [5.74, 6) is 0.320. The van der Waals surface area contributed by atoms with Gasteiger partial charge in [-0.1, -0.05) is 12.1 Å². The van der Waals surface area contributed by atoms with Gasteiger partial charge in [-0.15, -0.1) is 0 Å². The van der Waals surface area contributed by atoms with Crippen molar-refractivity contribution in [2.75, 3.05) is 11.9 Å². The zero-order valence-corrected chi connectivity index (χ0v) is 13.4. The van der Waals surface area contributed by atoms with Crippen LogP contribution in [-0.2, 0) is 17.6 Å². The SMILES string of the molecule is Cc1c(NC(=O)COc2ccc3c(c2)CCC3)cccc1[N+](=O)[O-]. The monoisotopic (exact) mass is 326 g/mol. The van der Waals surface area contributed by atoms with Crippen LogP contribution in [0.1, 0.15) is 23.1 Å². The van der Waals surface area contributed by atoms with Crippen LogP contribution in [0, 0.1) is 17.0 Å². The van der Waals surface area contributed by atoms with Crippen molar-refractivity contribution in [3.63, 3.8) is 0 Å². The Labute approximate surface area is 139 Å². The summed E-state index contributed by atoms with van der Waals surface area (Å²) in [5.41, 5.74) is 3.45. The van der Waals surface area contributed by atoms with Crippen molar-refractivity contribution in [3.05, 3.63) is 63.2 Å². The van der Waals surface area contributed by atoms with E-state index < -0.39 is 4.92 Å². The Morgan fingerprint density at radius 2 is 2.04 bits per heavy atom. The number of ether oxygens (including phenoxy) is 1. The standard InChI is InChI=1S/C18H18N2O4/c1-12-16(6-3-7-17(12)20(22)23)19-18(21)11-24-15-9-8-13-4-2-5-14(13)10-15/h3,6-10H,2,4-5,11H2,1H3,(H,19,21). The van der Waals surface area contributed by atoms with E-state index >= 15 is 0 Å². The number of rotatable bonds is 5. The van der Waals surface area contributed by atoms with Gasteiger partial charge in [0.2, 0.25) is 0 Å². The smallest absolute Gasteiger partial charge is 0.274 e. The molecule has 6 nitrogen and oxygen atoms in total. The molecular weight excluding hydrogens is 308 g/mol. The van der Waals surface area contributed by atoms with Gasteiger partial charge >= 0.3 is 0 Å². The van der Waals surface area contributed by atoms with Gasteiger partial charge in [0.15, 0.2) is 6.61 Å². The second kappa shape index (κ2) is 6.70. The van der Waals surface area contributed by atoms with Crippen molar-refractivity contribution in [1.29, 1.82) is 0 Å². The normalized spacial score (nSPS) is 12.5. The summed E-state index contributed by atoms with van der Waals surface area (Å²) in [7, 11) is 0. The van der Waals surface area contributed by atoms with E-state index in [4.69, 9.17) is 4.74 Å². The average molecular weight is 326 g/mol. The summed E-state index contributed by atoms with van der Waals surface area (Å²) in [5, 5.41) is 13.6. The predicted octanol–water partition coefficient (Wildman–Crippen LogP) is 3.41. The second-order valence-corrected chi connectivity index (χ2v) is 5.83. The molecule has 124 valence electrons. The Hall–Kier alpha value is -2.89. The Balaban J connectivity index is 1.62. The number of hydrogen-bond acceptors (Lipinski definition) is 4. The summed E-state index contributed by atoms with van der Waals surface area (Å²) < 4.78 is 5.54. The molecule has 2 aromatic carbocycles. The third kappa shape index (κ3) is 3.37. The van der Waals surface area contributed by atoms with E-state index in [1.54, 1.807) is 19.1 Å². The highest BCUT2D eigenvalue weighted by atomic mass is 16.6. The number of amides is 1. The zero-order valence-electron chi connectivity index (χ0n) is 13.4. The van der Waals surface area contributed by atoms with E-state index in [9.17, 15) is 14.9 Å². The molecule has 1 amide bonds. The molecule has 0 fully saturated rings. The molecule has 0 radical (unpaired) electrons. The van der Waals surface area contributed by atoms with Crippen molar-refractivity contribution in [2.24, 2.45) is 0 Å². The van der Waals surface area contributed by atoms with Crippen molar-refractivity contribution in [1.82, 2.24) is 0 Å². The van der Waals surface area contributed by atoms with Crippen molar-refractivity contribution >= 4 is 17.3 Å². The Morgan fingerprint density at radius 1 is 1.25 bits per heavy atom. The van der Waals surface area contributed by atoms with Gasteiger partial charge in [-0.05, 0) is 55.5 Å². The van der Waals surface area contributed by atoms with Crippen molar-refractivity contribution in [3.8, 4) is 5.75 Å². The summed E-state index contributed by atoms with van der Waals surface area (Å²) >= 11 is 0. The maximum absolute atomic E-state index is 12.0. The molecule has 0 bridgehead atoms. The minimum absolute atomic E-state index is 0.0210. The number of fused-ring (bicyclic) bond motifs is 1. The average Bonchev–Trinajstić information content (AvgIpc) is 3.02. The molecular formula is C18H18N2O4. The van der Waals surface area contributed by atoms with Gasteiger partial charge < -0.3 is 10.1 Å². The fourth-order valence-electron chi connectivity index (χ4n) is 2.93. The number of carbonyl (C=O) groups excluding carboxylic acids is 1. The molecule has 24 heavy (non-hydrogen) atoms. The molecule has 2 aromatic rings. The van der Waals surface area contributed by atoms with Crippen LogP contribution in [0.25, 0.3) is 0 Å². The number of carbonyl (C=O) groups is 1. The number of nitrogens with one attached hydrogen (secondary N) is 1. The minimum Gasteiger partial charge on any atom is -0.484 e. The summed E-state index contributed by atoms with van der Waals surface area (Å²) in [6.45, 7) is 1.47. The molecule has 0 saturated carbocycles. The van der Waals surface area contributed by atoms with Crippen LogP contribution in [0.5, 0.6) is 5.75 Å². The van der Waals surface area contributed by atoms with Crippen LogP contribution in [-0.4, -0.2) is 17.4 Å². The predicted molar refractivity (Wildman–Crippen MR) is 90.4 cm³/mol. The summed E-state index contributed by atoms with van der Waals surface area (Å²) in [6.07, 6.45) is 3.30. The van der Waals surface area contributed by atoms with E-state index in [0.717, 1.165) is 19.3 Å². The van der Waals surface area contributed by atoms with Gasteiger partial charge in [-0.3, -0.25) is 14.9 Å². The Kier molecular flexibility index (Phi) is 4.46. The Morgan fingerprint density at radius 3 is 2.83 bits per heavy atom. The van der Waals surface area contributed by atoms with Gasteiger partial charge in [0.25, 0.3) is 11.6 Å². The van der Waals surface area contributed by atoms with Crippen LogP contribution in [0.3, 0.4) is 0 Å². The van der Waals surface area contributed by atoms with E-state index in [1.807, 2.05) is 18.2 Å². The lowest BCUT2D eigenvalue weighted by Crippen LogP contribution is -2.20. The molecule has 6 heteroatoms. The maximum atomic E-state index is 12.0. The lowest BCUT2D eigenvalue weighted by Gasteiger charge is -2.10. The maximum Gasteiger partial charge on any atom is 0.274 e. The van der Waals surface area contributed by atoms with Crippen LogP contribution >= 0.6 is 0 Å². The highest BCUT2D eigenvalue weighted by molar-refractivity contribution is 5.93. The van der Waals surface area contributed by atoms with Crippen LogP contribution in [0.2, 0.25) is 0 Å². The number of hydrogen-bond donors (Lipinski definition) is 1. The van der Waals surface area contributed by atoms with Crippen molar-refractivity contribution < 1.29 is 14.5 Å². The van der Waals surface area contributed by atoms with E-state index in [0.29, 0.717) is 17.0 Å². The highest BCUT2D eigenvalue weighted by Crippen LogP contribution is 2.27. The molecule has 0 atom stereocenters. The third-order valence-electron chi connectivity index (χ3n) is 4.22. The summed E-state index contributed by atoms with van der Waals surface area (Å²) in [4.78, 5) is 22.5. The molecule has 1 N–H and O–H groups in total. The minimum atomic E-state index is -0.466. The Bertz CT molecular complexity index is 802. The fraction of sp³-hybridized carbons (Fsp3) is 0.278. The van der Waals surface area contributed by atoms with Crippen LogP contribution < -0.4 is 10.1 Å². The lowest BCUT2D eigenvalue weighted by molar-refractivity contribution is -0.385. The van der Waals surface area contributed by atoms with Gasteiger partial charge in [0.1, 0.15) is 5.75 Å². The number of aryl methyl sites for hydroxylation is 2. The molecule has 1 aliphatic carbocycles. The van der Waals surface area contributed by atoms with Gasteiger partial charge in [-0.25, -0.2) is 0 Å². The lowest BCUT2D eigenvalue weighted by atomic mass is 10.1. The number of anilines is 1. The first-order valence-corrected chi connectivity index (χ1v) is 7.83. The third-order valence-corrected chi connectivity index (χ3v) is 4.22. The van der Waals surface area contributed by atoms with E-state index in [1.165, 1.54) is 17.2 Å². The second-order valence-electron chi connectivity index (χ2n) is 5.83. The van der Waals surface area contributed by atoms with Crippen LogP contribution in [0.4, 0.5) is 11.4 Å². The first-order valence-electron chi connectivity index (χ1n) is 7.83. The fourth-order valence-corrected chi connectivity index (χ4v) is 2.93. The van der Waals surface area contributed by atoms with Crippen LogP contribution in [0.15, 0.2) is 36.4 Å². The van der Waals surface area contributed by atoms with Gasteiger partial charge in [0, 0.05) is 6.07 Å². The number of nitro benzene ring substituents is 1. The molecule has 3 rings (SSSR count). The molecule has 0 aromatic heterocycles. The van der Waals surface area contributed by atoms with Gasteiger partial charge in [-0.2, -0.15) is 0 Å². The van der Waals surface area contributed by atoms with Crippen molar-refractivity contribution in [2.45, 2.75) is 26.2 Å². The molecule has 1 aliphatic rings. The van der Waals surface area contributed by atoms with E-state index in [2.05, 4.69) is 5.32 Å². The number of nitrogens with zero attached hydrogens (tertiary/aromatic N) is 1.